The molecule has 2 N–H and O–H groups in total. The molecule has 2 atom stereocenters. The number of carbonyl (C=O) groups is 1. The topological polar surface area (TPSA) is 55.6 Å². The van der Waals surface area contributed by atoms with Gasteiger partial charge < -0.3 is 10.5 Å². The molecule has 0 aromatic carbocycles. The molecule has 0 bridgehead atoms. The molecule has 1 fully saturated rings. The first-order chi connectivity index (χ1) is 7.00. The molecule has 1 saturated heterocycles. The SMILES string of the molecule is CCC(C)(CN1CCC(C(N)=O)C1)OC. The minimum atomic E-state index is -0.173. The van der Waals surface area contributed by atoms with Gasteiger partial charge in [0, 0.05) is 20.2 Å². The minimum Gasteiger partial charge on any atom is -0.377 e. The van der Waals surface area contributed by atoms with Crippen molar-refractivity contribution in [1.82, 2.24) is 4.90 Å². The molecule has 1 rings (SSSR count). The highest BCUT2D eigenvalue weighted by atomic mass is 16.5. The predicted octanol–water partition coefficient (Wildman–Crippen LogP) is 0.609. The fourth-order valence-electron chi connectivity index (χ4n) is 2.00. The van der Waals surface area contributed by atoms with Gasteiger partial charge in [0.1, 0.15) is 0 Å². The third-order valence-electron chi connectivity index (χ3n) is 3.47. The van der Waals surface area contributed by atoms with Gasteiger partial charge >= 0.3 is 0 Å². The number of hydrogen-bond acceptors (Lipinski definition) is 3. The first-order valence-corrected chi connectivity index (χ1v) is 5.57. The van der Waals surface area contributed by atoms with E-state index in [9.17, 15) is 4.79 Å². The Morgan fingerprint density at radius 2 is 2.33 bits per heavy atom. The summed E-state index contributed by atoms with van der Waals surface area (Å²) < 4.78 is 5.49. The van der Waals surface area contributed by atoms with Gasteiger partial charge in [-0.15, -0.1) is 0 Å². The fourth-order valence-corrected chi connectivity index (χ4v) is 2.00. The van der Waals surface area contributed by atoms with Crippen LogP contribution < -0.4 is 5.73 Å². The number of amides is 1. The van der Waals surface area contributed by atoms with Crippen molar-refractivity contribution < 1.29 is 9.53 Å². The molecular formula is C11H22N2O2. The van der Waals surface area contributed by atoms with E-state index in [1.807, 2.05) is 0 Å². The largest absolute Gasteiger partial charge is 0.377 e. The van der Waals surface area contributed by atoms with Gasteiger partial charge in [0.05, 0.1) is 11.5 Å². The minimum absolute atomic E-state index is 0.0305. The molecule has 1 aliphatic heterocycles. The third kappa shape index (κ3) is 3.18. The molecule has 1 aliphatic rings. The standard InChI is InChI=1S/C11H22N2O2/c1-4-11(2,15-3)8-13-6-5-9(7-13)10(12)14/h9H,4-8H2,1-3H3,(H2,12,14). The number of carbonyl (C=O) groups excluding carboxylic acids is 1. The lowest BCUT2D eigenvalue weighted by Gasteiger charge is -2.31. The fraction of sp³-hybridized carbons (Fsp3) is 0.909. The van der Waals surface area contributed by atoms with Gasteiger partial charge in [0.25, 0.3) is 0 Å². The maximum atomic E-state index is 11.0. The summed E-state index contributed by atoms with van der Waals surface area (Å²) in [6, 6.07) is 0. The van der Waals surface area contributed by atoms with Crippen molar-refractivity contribution in [2.24, 2.45) is 11.7 Å². The maximum Gasteiger partial charge on any atom is 0.221 e. The number of ether oxygens (including phenoxy) is 1. The quantitative estimate of drug-likeness (QED) is 0.729. The van der Waals surface area contributed by atoms with E-state index in [2.05, 4.69) is 18.7 Å². The second-order valence-electron chi connectivity index (χ2n) is 4.63. The zero-order valence-electron chi connectivity index (χ0n) is 9.95. The summed E-state index contributed by atoms with van der Waals surface area (Å²) in [6.07, 6.45) is 1.86. The molecule has 1 heterocycles. The number of primary amides is 1. The average Bonchev–Trinajstić information content (AvgIpc) is 2.66. The Hall–Kier alpha value is -0.610. The van der Waals surface area contributed by atoms with Gasteiger partial charge in [-0.25, -0.2) is 0 Å². The maximum absolute atomic E-state index is 11.0. The van der Waals surface area contributed by atoms with Crippen LogP contribution in [0.4, 0.5) is 0 Å². The van der Waals surface area contributed by atoms with E-state index in [4.69, 9.17) is 10.5 Å². The number of hydrogen-bond donors (Lipinski definition) is 1. The van der Waals surface area contributed by atoms with Crippen LogP contribution in [0, 0.1) is 5.92 Å². The Bertz CT molecular complexity index is 227. The van der Waals surface area contributed by atoms with E-state index in [-0.39, 0.29) is 17.4 Å². The second-order valence-corrected chi connectivity index (χ2v) is 4.63. The summed E-state index contributed by atoms with van der Waals surface area (Å²) in [4.78, 5) is 13.3. The monoisotopic (exact) mass is 214 g/mol. The summed E-state index contributed by atoms with van der Waals surface area (Å²) in [6.45, 7) is 6.83. The van der Waals surface area contributed by atoms with Crippen molar-refractivity contribution >= 4 is 5.91 Å². The van der Waals surface area contributed by atoms with Crippen molar-refractivity contribution in [3.8, 4) is 0 Å². The van der Waals surface area contributed by atoms with Gasteiger partial charge in [-0.3, -0.25) is 9.69 Å². The normalized spacial score (nSPS) is 26.5. The van der Waals surface area contributed by atoms with Crippen LogP contribution >= 0.6 is 0 Å². The van der Waals surface area contributed by atoms with E-state index in [0.29, 0.717) is 0 Å². The zero-order chi connectivity index (χ0) is 11.5. The van der Waals surface area contributed by atoms with Gasteiger partial charge in [0.15, 0.2) is 0 Å². The van der Waals surface area contributed by atoms with Crippen molar-refractivity contribution in [2.45, 2.75) is 32.3 Å². The average molecular weight is 214 g/mol. The molecule has 2 unspecified atom stereocenters. The number of methoxy groups -OCH3 is 1. The summed E-state index contributed by atoms with van der Waals surface area (Å²) in [5.74, 6) is -0.143. The predicted molar refractivity (Wildman–Crippen MR) is 59.4 cm³/mol. The highest BCUT2D eigenvalue weighted by molar-refractivity contribution is 5.77. The van der Waals surface area contributed by atoms with Gasteiger partial charge in [-0.05, 0) is 26.3 Å². The first kappa shape index (κ1) is 12.5. The summed E-state index contributed by atoms with van der Waals surface area (Å²) in [5, 5.41) is 0. The van der Waals surface area contributed by atoms with Crippen LogP contribution in [-0.2, 0) is 9.53 Å². The van der Waals surface area contributed by atoms with E-state index >= 15 is 0 Å². The molecule has 0 spiro atoms. The highest BCUT2D eigenvalue weighted by Crippen LogP contribution is 2.21. The molecule has 88 valence electrons. The Balaban J connectivity index is 2.44. The molecule has 0 radical (unpaired) electrons. The van der Waals surface area contributed by atoms with Crippen molar-refractivity contribution in [3.63, 3.8) is 0 Å². The third-order valence-corrected chi connectivity index (χ3v) is 3.47. The summed E-state index contributed by atoms with van der Waals surface area (Å²) in [5.41, 5.74) is 5.19. The number of nitrogens with two attached hydrogens (primary N) is 1. The number of rotatable bonds is 5. The first-order valence-electron chi connectivity index (χ1n) is 5.57. The Morgan fingerprint density at radius 1 is 1.67 bits per heavy atom. The van der Waals surface area contributed by atoms with Gasteiger partial charge in [0.2, 0.25) is 5.91 Å². The lowest BCUT2D eigenvalue weighted by molar-refractivity contribution is -0.121. The summed E-state index contributed by atoms with van der Waals surface area (Å²) >= 11 is 0. The lowest BCUT2D eigenvalue weighted by Crippen LogP contribution is -2.41. The molecule has 0 aliphatic carbocycles. The number of nitrogens with zero attached hydrogens (tertiary/aromatic N) is 1. The van der Waals surface area contributed by atoms with Crippen LogP contribution in [0.15, 0.2) is 0 Å². The molecule has 1 amide bonds. The van der Waals surface area contributed by atoms with Crippen LogP contribution in [0.2, 0.25) is 0 Å². The van der Waals surface area contributed by atoms with Crippen LogP contribution in [0.5, 0.6) is 0 Å². The highest BCUT2D eigenvalue weighted by Gasteiger charge is 2.31. The smallest absolute Gasteiger partial charge is 0.221 e. The molecular weight excluding hydrogens is 192 g/mol. The molecule has 4 heteroatoms. The molecule has 0 aromatic rings. The number of likely N-dealkylation sites (tertiary alicyclic amines) is 1. The molecule has 4 nitrogen and oxygen atoms in total. The van der Waals surface area contributed by atoms with E-state index in [0.717, 1.165) is 32.5 Å². The van der Waals surface area contributed by atoms with Crippen molar-refractivity contribution in [1.29, 1.82) is 0 Å². The van der Waals surface area contributed by atoms with Crippen LogP contribution in [0.1, 0.15) is 26.7 Å². The van der Waals surface area contributed by atoms with E-state index < -0.39 is 0 Å². The van der Waals surface area contributed by atoms with Gasteiger partial charge in [-0.1, -0.05) is 6.92 Å². The van der Waals surface area contributed by atoms with Crippen LogP contribution in [0.25, 0.3) is 0 Å². The summed E-state index contributed by atoms with van der Waals surface area (Å²) in [7, 11) is 1.74. The van der Waals surface area contributed by atoms with Crippen LogP contribution in [0.3, 0.4) is 0 Å². The van der Waals surface area contributed by atoms with Crippen molar-refractivity contribution in [2.75, 3.05) is 26.7 Å². The van der Waals surface area contributed by atoms with Crippen LogP contribution in [-0.4, -0.2) is 43.2 Å². The Labute approximate surface area is 91.8 Å². The molecule has 0 saturated carbocycles. The van der Waals surface area contributed by atoms with Gasteiger partial charge in [-0.2, -0.15) is 0 Å². The van der Waals surface area contributed by atoms with E-state index in [1.165, 1.54) is 0 Å². The molecule has 0 aromatic heterocycles. The lowest BCUT2D eigenvalue weighted by atomic mass is 10.0. The Morgan fingerprint density at radius 3 is 2.73 bits per heavy atom. The van der Waals surface area contributed by atoms with Crippen molar-refractivity contribution in [3.05, 3.63) is 0 Å². The molecule has 15 heavy (non-hydrogen) atoms. The zero-order valence-corrected chi connectivity index (χ0v) is 9.95. The van der Waals surface area contributed by atoms with E-state index in [1.54, 1.807) is 7.11 Å². The second kappa shape index (κ2) is 4.94. The Kier molecular flexibility index (Phi) is 4.11.